The lowest BCUT2D eigenvalue weighted by molar-refractivity contribution is -1.10. The van der Waals surface area contributed by atoms with E-state index in [-0.39, 0.29) is 5.96 Å². The van der Waals surface area contributed by atoms with Gasteiger partial charge in [-0.05, 0) is 0 Å². The molecule has 3 N–H and O–H groups in total. The van der Waals surface area contributed by atoms with Gasteiger partial charge in [0.25, 0.3) is 0 Å². The molecule has 1 rings (SSSR count). The third-order valence-corrected chi connectivity index (χ3v) is 1.82. The maximum atomic E-state index is 7.00. The number of hydrogen-bond donors (Lipinski definition) is 2. The Kier molecular flexibility index (Phi) is 1.58. The highest BCUT2D eigenvalue weighted by molar-refractivity contribution is 7.54. The fourth-order valence-electron chi connectivity index (χ4n) is 0.395. The molecular weight excluding hydrogens is 172 g/mol. The Bertz CT molecular complexity index is 232. The van der Waals surface area contributed by atoms with Crippen LogP contribution in [0.2, 0.25) is 0 Å². The second kappa shape index (κ2) is 2.15. The van der Waals surface area contributed by atoms with Crippen LogP contribution in [0.25, 0.3) is 0 Å². The monoisotopic (exact) mass is 176 g/mol. The van der Waals surface area contributed by atoms with E-state index in [4.69, 9.17) is 24.0 Å². The number of nitrogens with two attached hydrogens (primary N) is 1. The first-order valence-electron chi connectivity index (χ1n) is 2.24. The van der Waals surface area contributed by atoms with E-state index in [1.54, 1.807) is 0 Å². The number of rotatable bonds is 0. The van der Waals surface area contributed by atoms with Gasteiger partial charge in [0.1, 0.15) is 5.10 Å². The van der Waals surface area contributed by atoms with Crippen LogP contribution in [0.15, 0.2) is 10.3 Å². The molecule has 1 atom stereocenters. The van der Waals surface area contributed by atoms with Gasteiger partial charge in [0, 0.05) is 0 Å². The first-order valence-corrected chi connectivity index (χ1v) is 2.97. The van der Waals surface area contributed by atoms with E-state index < -0.39 is 4.00 Å². The smallest absolute Gasteiger partial charge is 0.353 e. The highest BCUT2D eigenvalue weighted by atomic mass is 32.1. The Hall–Kier alpha value is -0.730. The lowest BCUT2D eigenvalue weighted by atomic mass is 10.9. The Balaban J connectivity index is 3.00. The van der Waals surface area contributed by atoms with Gasteiger partial charge in [-0.2, -0.15) is 0 Å². The van der Waals surface area contributed by atoms with Crippen molar-refractivity contribution in [2.24, 2.45) is 16.1 Å². The van der Waals surface area contributed by atoms with Crippen LogP contribution in [0, 0.1) is 5.41 Å². The fraction of sp³-hybridized carbons (Fsp3) is 0. The van der Waals surface area contributed by atoms with Crippen molar-refractivity contribution in [1.82, 2.24) is 0 Å². The molecule has 1 aliphatic rings. The van der Waals surface area contributed by atoms with Gasteiger partial charge in [-0.25, -0.2) is 5.41 Å². The quantitative estimate of drug-likeness (QED) is 0.163. The van der Waals surface area contributed by atoms with E-state index >= 15 is 0 Å². The second-order valence-electron chi connectivity index (χ2n) is 1.58. The SMILES string of the molecule is N=C(N)[N+]1([S-])C=NN=[N+]1[S-]. The average molecular weight is 176 g/mol. The maximum absolute atomic E-state index is 7.00. The molecule has 0 aromatic heterocycles. The Morgan fingerprint density at radius 1 is 1.80 bits per heavy atom. The second-order valence-corrected chi connectivity index (χ2v) is 2.46. The Labute approximate surface area is 68.2 Å². The molecule has 0 saturated carbocycles. The van der Waals surface area contributed by atoms with Crippen molar-refractivity contribution in [3.05, 3.63) is 0 Å². The van der Waals surface area contributed by atoms with Gasteiger partial charge < -0.3 is 31.4 Å². The molecule has 0 fully saturated rings. The molecule has 10 heavy (non-hydrogen) atoms. The molecule has 6 nitrogen and oxygen atoms in total. The Morgan fingerprint density at radius 2 is 2.40 bits per heavy atom. The molecule has 0 aliphatic carbocycles. The predicted molar refractivity (Wildman–Crippen MR) is 38.1 cm³/mol. The van der Waals surface area contributed by atoms with Gasteiger partial charge in [0.15, 0.2) is 5.22 Å². The lowest BCUT2D eigenvalue weighted by Crippen LogP contribution is -2.53. The van der Waals surface area contributed by atoms with Crippen LogP contribution in [0.1, 0.15) is 0 Å². The molecule has 1 heterocycles. The summed E-state index contributed by atoms with van der Waals surface area (Å²) in [6, 6.07) is 0. The van der Waals surface area contributed by atoms with Crippen LogP contribution in [0.4, 0.5) is 0 Å². The summed E-state index contributed by atoms with van der Waals surface area (Å²) in [6.45, 7) is 0. The summed E-state index contributed by atoms with van der Waals surface area (Å²) >= 11 is 9.38. The van der Waals surface area contributed by atoms with Gasteiger partial charge in [0.2, 0.25) is 0 Å². The number of guanidine groups is 1. The summed E-state index contributed by atoms with van der Waals surface area (Å²) in [5, 5.41) is 13.8. The minimum atomic E-state index is -0.574. The molecule has 0 aromatic carbocycles. The minimum absolute atomic E-state index is 0.296. The normalized spacial score (nSPS) is 30.3. The van der Waals surface area contributed by atoms with Crippen molar-refractivity contribution < 1.29 is 8.21 Å². The molecule has 1 aliphatic heterocycles. The standard InChI is InChI=1S/C2H4N6S2/c3-2(4)8(10)1-5-6-7(8)9/h1H,(H3,3,4). The zero-order valence-corrected chi connectivity index (χ0v) is 6.39. The molecule has 0 aromatic rings. The number of nitrogens with one attached hydrogen (secondary N) is 1. The maximum Gasteiger partial charge on any atom is 0.353 e. The first-order chi connectivity index (χ1) is 4.57. The summed E-state index contributed by atoms with van der Waals surface area (Å²) in [5.41, 5.74) is 5.11. The van der Waals surface area contributed by atoms with Crippen molar-refractivity contribution in [1.29, 1.82) is 5.41 Å². The zero-order chi connectivity index (χ0) is 7.78. The summed E-state index contributed by atoms with van der Waals surface area (Å²) < 4.78 is 0.312. The van der Waals surface area contributed by atoms with Crippen LogP contribution < -0.4 is 5.73 Å². The van der Waals surface area contributed by atoms with E-state index in [0.717, 1.165) is 4.21 Å². The highest BCUT2D eigenvalue weighted by Gasteiger charge is 2.28. The van der Waals surface area contributed by atoms with Crippen molar-refractivity contribution >= 4 is 37.9 Å². The van der Waals surface area contributed by atoms with Crippen molar-refractivity contribution in [3.8, 4) is 0 Å². The summed E-state index contributed by atoms with van der Waals surface area (Å²) in [7, 11) is 0. The van der Waals surface area contributed by atoms with Crippen LogP contribution in [0.5, 0.6) is 0 Å². The van der Waals surface area contributed by atoms with Gasteiger partial charge in [-0.3, -0.25) is 0 Å². The average Bonchev–Trinajstić information content (AvgIpc) is 2.15. The Morgan fingerprint density at radius 3 is 2.60 bits per heavy atom. The van der Waals surface area contributed by atoms with Gasteiger partial charge in [-0.1, -0.05) is 0 Å². The minimum Gasteiger partial charge on any atom is -0.465 e. The van der Waals surface area contributed by atoms with Crippen LogP contribution in [0.3, 0.4) is 0 Å². The molecule has 0 spiro atoms. The molecule has 0 bridgehead atoms. The fourth-order valence-corrected chi connectivity index (χ4v) is 0.642. The van der Waals surface area contributed by atoms with E-state index in [2.05, 4.69) is 23.1 Å². The summed E-state index contributed by atoms with van der Waals surface area (Å²) in [5.74, 6) is -0.296. The van der Waals surface area contributed by atoms with Crippen LogP contribution in [-0.4, -0.2) is 20.5 Å². The molecule has 0 amide bonds. The topological polar surface area (TPSA) is 77.6 Å². The third-order valence-electron chi connectivity index (χ3n) is 0.936. The van der Waals surface area contributed by atoms with Gasteiger partial charge in [0.05, 0.1) is 0 Å². The third kappa shape index (κ3) is 0.856. The van der Waals surface area contributed by atoms with E-state index in [9.17, 15) is 0 Å². The summed E-state index contributed by atoms with van der Waals surface area (Å²) in [4.78, 5) is 0. The molecule has 54 valence electrons. The number of hydrogen-bond acceptors (Lipinski definition) is 5. The molecule has 1 unspecified atom stereocenters. The molecule has 0 saturated heterocycles. The van der Waals surface area contributed by atoms with Crippen molar-refractivity contribution in [2.75, 3.05) is 0 Å². The molecule has 0 radical (unpaired) electrons. The lowest BCUT2D eigenvalue weighted by Gasteiger charge is -2.29. The highest BCUT2D eigenvalue weighted by Crippen LogP contribution is 2.05. The van der Waals surface area contributed by atoms with Crippen molar-refractivity contribution in [3.63, 3.8) is 0 Å². The van der Waals surface area contributed by atoms with Gasteiger partial charge >= 0.3 is 12.3 Å². The first kappa shape index (κ1) is 7.38. The zero-order valence-electron chi connectivity index (χ0n) is 4.76. The van der Waals surface area contributed by atoms with E-state index in [0.29, 0.717) is 0 Å². The van der Waals surface area contributed by atoms with E-state index in [1.807, 2.05) is 0 Å². The van der Waals surface area contributed by atoms with Gasteiger partial charge in [-0.15, -0.1) is 8.21 Å². The van der Waals surface area contributed by atoms with Crippen molar-refractivity contribution in [2.45, 2.75) is 0 Å². The molecule has 8 heteroatoms. The van der Waals surface area contributed by atoms with E-state index in [1.165, 1.54) is 6.34 Å². The number of nitrogens with zero attached hydrogens (tertiary/aromatic N) is 4. The number of quaternary nitrogens is 1. The van der Waals surface area contributed by atoms with Crippen LogP contribution >= 0.6 is 0 Å². The van der Waals surface area contributed by atoms with Crippen LogP contribution in [-0.2, 0) is 25.6 Å². The largest absolute Gasteiger partial charge is 0.465 e. The predicted octanol–water partition coefficient (Wildman–Crippen LogP) is -1.04. The summed E-state index contributed by atoms with van der Waals surface area (Å²) in [6.07, 6.45) is 1.20. The molecular formula is C2H4N6S2.